The average Bonchev–Trinajstić information content (AvgIpc) is 1.98. The highest BCUT2D eigenvalue weighted by Gasteiger charge is 2.19. The first kappa shape index (κ1) is 11.0. The summed E-state index contributed by atoms with van der Waals surface area (Å²) in [5.74, 6) is 1.12. The van der Waals surface area contributed by atoms with Crippen LogP contribution in [0.1, 0.15) is 47.0 Å². The number of aliphatic hydroxyl groups is 1. The van der Waals surface area contributed by atoms with Gasteiger partial charge in [0.2, 0.25) is 0 Å². The molecule has 0 amide bonds. The van der Waals surface area contributed by atoms with Crippen molar-refractivity contribution in [3.63, 3.8) is 0 Å². The molecule has 0 aromatic heterocycles. The first-order valence-electron chi connectivity index (χ1n) is 4.81. The lowest BCUT2D eigenvalue weighted by Gasteiger charge is -2.24. The Kier molecular flexibility index (Phi) is 5.57. The van der Waals surface area contributed by atoms with Crippen LogP contribution < -0.4 is 0 Å². The molecule has 1 heteroatoms. The molecule has 0 aliphatic rings. The molecule has 1 nitrogen and oxygen atoms in total. The van der Waals surface area contributed by atoms with Crippen molar-refractivity contribution < 1.29 is 5.11 Å². The van der Waals surface area contributed by atoms with E-state index in [-0.39, 0.29) is 6.10 Å². The van der Waals surface area contributed by atoms with Crippen LogP contribution in [0, 0.1) is 11.8 Å². The zero-order chi connectivity index (χ0) is 8.85. The second-order valence-electron chi connectivity index (χ2n) is 3.67. The number of hydrogen-bond acceptors (Lipinski definition) is 1. The molecule has 0 aromatic rings. The van der Waals surface area contributed by atoms with Gasteiger partial charge in [0.25, 0.3) is 0 Å². The fraction of sp³-hybridized carbons (Fsp3) is 1.00. The molecule has 11 heavy (non-hydrogen) atoms. The number of aliphatic hydroxyl groups excluding tert-OH is 1. The molecular weight excluding hydrogens is 136 g/mol. The summed E-state index contributed by atoms with van der Waals surface area (Å²) in [5.41, 5.74) is 0. The molecule has 0 heterocycles. The van der Waals surface area contributed by atoms with Crippen LogP contribution in [0.3, 0.4) is 0 Å². The van der Waals surface area contributed by atoms with Crippen LogP contribution in [0.2, 0.25) is 0 Å². The van der Waals surface area contributed by atoms with Crippen molar-refractivity contribution in [2.75, 3.05) is 0 Å². The van der Waals surface area contributed by atoms with Gasteiger partial charge < -0.3 is 5.11 Å². The van der Waals surface area contributed by atoms with Gasteiger partial charge in [-0.05, 0) is 24.7 Å². The van der Waals surface area contributed by atoms with E-state index in [0.717, 1.165) is 12.8 Å². The molecule has 0 saturated carbocycles. The van der Waals surface area contributed by atoms with Gasteiger partial charge >= 0.3 is 0 Å². The Morgan fingerprint density at radius 1 is 1.18 bits per heavy atom. The minimum Gasteiger partial charge on any atom is -0.393 e. The van der Waals surface area contributed by atoms with E-state index in [4.69, 9.17) is 0 Å². The molecule has 0 spiro atoms. The van der Waals surface area contributed by atoms with Crippen LogP contribution in [0.15, 0.2) is 0 Å². The summed E-state index contributed by atoms with van der Waals surface area (Å²) < 4.78 is 0. The van der Waals surface area contributed by atoms with Crippen molar-refractivity contribution in [1.82, 2.24) is 0 Å². The molecule has 0 bridgehead atoms. The summed E-state index contributed by atoms with van der Waals surface area (Å²) in [6.07, 6.45) is 3.14. The third-order valence-electron chi connectivity index (χ3n) is 2.39. The highest BCUT2D eigenvalue weighted by molar-refractivity contribution is 4.70. The molecule has 0 aromatic carbocycles. The second kappa shape index (κ2) is 5.59. The van der Waals surface area contributed by atoms with Gasteiger partial charge in [0.1, 0.15) is 0 Å². The monoisotopic (exact) mass is 158 g/mol. The summed E-state index contributed by atoms with van der Waals surface area (Å²) in [5, 5.41) is 9.62. The Bertz CT molecular complexity index is 88.9. The highest BCUT2D eigenvalue weighted by Crippen LogP contribution is 2.22. The molecule has 0 saturated heterocycles. The SMILES string of the molecule is CCCC(C(C)C)[C@@H](O)CC. The normalized spacial score (nSPS) is 16.9. The maximum Gasteiger partial charge on any atom is 0.0568 e. The van der Waals surface area contributed by atoms with Gasteiger partial charge in [-0.3, -0.25) is 0 Å². The Balaban J connectivity index is 3.87. The average molecular weight is 158 g/mol. The molecule has 0 radical (unpaired) electrons. The number of rotatable bonds is 5. The van der Waals surface area contributed by atoms with E-state index >= 15 is 0 Å². The lowest BCUT2D eigenvalue weighted by atomic mass is 9.85. The van der Waals surface area contributed by atoms with Crippen LogP contribution in [0.4, 0.5) is 0 Å². The third kappa shape index (κ3) is 3.76. The Labute approximate surface area is 70.8 Å². The summed E-state index contributed by atoms with van der Waals surface area (Å²) in [6.45, 7) is 8.62. The molecule has 0 aliphatic carbocycles. The summed E-state index contributed by atoms with van der Waals surface area (Å²) >= 11 is 0. The van der Waals surface area contributed by atoms with E-state index in [1.54, 1.807) is 0 Å². The van der Waals surface area contributed by atoms with Crippen LogP contribution >= 0.6 is 0 Å². The van der Waals surface area contributed by atoms with E-state index < -0.39 is 0 Å². The van der Waals surface area contributed by atoms with Gasteiger partial charge in [-0.2, -0.15) is 0 Å². The summed E-state index contributed by atoms with van der Waals surface area (Å²) in [6, 6.07) is 0. The highest BCUT2D eigenvalue weighted by atomic mass is 16.3. The van der Waals surface area contributed by atoms with Gasteiger partial charge in [-0.25, -0.2) is 0 Å². The Hall–Kier alpha value is -0.0400. The fourth-order valence-corrected chi connectivity index (χ4v) is 1.61. The standard InChI is InChI=1S/C10H22O/c1-5-7-9(8(3)4)10(11)6-2/h8-11H,5-7H2,1-4H3/t9?,10-/m0/s1. The third-order valence-corrected chi connectivity index (χ3v) is 2.39. The molecule has 68 valence electrons. The van der Waals surface area contributed by atoms with E-state index in [9.17, 15) is 5.11 Å². The van der Waals surface area contributed by atoms with Gasteiger partial charge in [0.15, 0.2) is 0 Å². The first-order valence-corrected chi connectivity index (χ1v) is 4.81. The predicted molar refractivity (Wildman–Crippen MR) is 49.5 cm³/mol. The van der Waals surface area contributed by atoms with Crippen molar-refractivity contribution in [3.05, 3.63) is 0 Å². The molecule has 0 fully saturated rings. The van der Waals surface area contributed by atoms with Gasteiger partial charge in [0.05, 0.1) is 6.10 Å². The van der Waals surface area contributed by atoms with E-state index in [2.05, 4.69) is 27.7 Å². The smallest absolute Gasteiger partial charge is 0.0568 e. The van der Waals surface area contributed by atoms with Gasteiger partial charge in [0, 0.05) is 0 Å². The Morgan fingerprint density at radius 3 is 2.00 bits per heavy atom. The molecule has 2 atom stereocenters. The zero-order valence-electron chi connectivity index (χ0n) is 8.30. The number of hydrogen-bond donors (Lipinski definition) is 1. The van der Waals surface area contributed by atoms with Crippen molar-refractivity contribution in [2.45, 2.75) is 53.1 Å². The summed E-state index contributed by atoms with van der Waals surface area (Å²) in [4.78, 5) is 0. The van der Waals surface area contributed by atoms with E-state index in [1.807, 2.05) is 0 Å². The lowest BCUT2D eigenvalue weighted by Crippen LogP contribution is -2.24. The fourth-order valence-electron chi connectivity index (χ4n) is 1.61. The van der Waals surface area contributed by atoms with Crippen molar-refractivity contribution in [2.24, 2.45) is 11.8 Å². The molecular formula is C10H22O. The van der Waals surface area contributed by atoms with Crippen LogP contribution in [-0.4, -0.2) is 11.2 Å². The van der Waals surface area contributed by atoms with Crippen molar-refractivity contribution in [1.29, 1.82) is 0 Å². The minimum atomic E-state index is -0.0880. The zero-order valence-corrected chi connectivity index (χ0v) is 8.30. The van der Waals surface area contributed by atoms with Crippen LogP contribution in [0.5, 0.6) is 0 Å². The Morgan fingerprint density at radius 2 is 1.73 bits per heavy atom. The molecule has 0 aliphatic heterocycles. The minimum absolute atomic E-state index is 0.0880. The summed E-state index contributed by atoms with van der Waals surface area (Å²) in [7, 11) is 0. The maximum absolute atomic E-state index is 9.62. The molecule has 1 N–H and O–H groups in total. The topological polar surface area (TPSA) is 20.2 Å². The van der Waals surface area contributed by atoms with Crippen molar-refractivity contribution in [3.8, 4) is 0 Å². The van der Waals surface area contributed by atoms with E-state index in [1.165, 1.54) is 6.42 Å². The second-order valence-corrected chi connectivity index (χ2v) is 3.67. The van der Waals surface area contributed by atoms with Crippen LogP contribution in [0.25, 0.3) is 0 Å². The largest absolute Gasteiger partial charge is 0.393 e. The van der Waals surface area contributed by atoms with E-state index in [0.29, 0.717) is 11.8 Å². The molecule has 1 unspecified atom stereocenters. The predicted octanol–water partition coefficient (Wildman–Crippen LogP) is 2.83. The van der Waals surface area contributed by atoms with Gasteiger partial charge in [-0.15, -0.1) is 0 Å². The first-order chi connectivity index (χ1) is 5.13. The van der Waals surface area contributed by atoms with Crippen molar-refractivity contribution >= 4 is 0 Å². The van der Waals surface area contributed by atoms with Gasteiger partial charge in [-0.1, -0.05) is 34.1 Å². The van der Waals surface area contributed by atoms with Crippen LogP contribution in [-0.2, 0) is 0 Å². The maximum atomic E-state index is 9.62. The molecule has 0 rings (SSSR count). The lowest BCUT2D eigenvalue weighted by molar-refractivity contribution is 0.0722. The quantitative estimate of drug-likeness (QED) is 0.652.